The molecule has 7 nitrogen and oxygen atoms in total. The van der Waals surface area contributed by atoms with Gasteiger partial charge in [0.1, 0.15) is 11.6 Å². The molecular weight excluding hydrogens is 471 g/mol. The van der Waals surface area contributed by atoms with Crippen molar-refractivity contribution >= 4 is 35.1 Å². The zero-order valence-corrected chi connectivity index (χ0v) is 19.7. The SMILES string of the molecule is Cc1cc(C(=O)NC2CN(c3ncc(C(F)(F)F)cc3Cl)CC23CC3)cc(NC(=O)C(C)C)n1. The summed E-state index contributed by atoms with van der Waals surface area (Å²) in [5, 5.41) is 5.69. The van der Waals surface area contributed by atoms with Crippen LogP contribution in [0.1, 0.15) is 48.3 Å². The summed E-state index contributed by atoms with van der Waals surface area (Å²) in [5.41, 5.74) is -0.117. The van der Waals surface area contributed by atoms with E-state index in [1.54, 1.807) is 26.8 Å². The maximum Gasteiger partial charge on any atom is 0.417 e. The molecule has 2 aromatic heterocycles. The van der Waals surface area contributed by atoms with Crippen molar-refractivity contribution in [1.29, 1.82) is 0 Å². The summed E-state index contributed by atoms with van der Waals surface area (Å²) >= 11 is 6.14. The number of aryl methyl sites for hydroxylation is 1. The molecule has 1 aliphatic carbocycles. The number of rotatable bonds is 5. The van der Waals surface area contributed by atoms with E-state index in [2.05, 4.69) is 20.6 Å². The molecule has 1 spiro atoms. The quantitative estimate of drug-likeness (QED) is 0.640. The van der Waals surface area contributed by atoms with Crippen LogP contribution in [0.3, 0.4) is 0 Å². The van der Waals surface area contributed by atoms with Crippen LogP contribution in [-0.4, -0.2) is 40.9 Å². The number of hydrogen-bond acceptors (Lipinski definition) is 5. The lowest BCUT2D eigenvalue weighted by Gasteiger charge is -2.20. The van der Waals surface area contributed by atoms with Gasteiger partial charge in [0.15, 0.2) is 0 Å². The first-order valence-corrected chi connectivity index (χ1v) is 11.3. The molecule has 0 radical (unpaired) electrons. The average Bonchev–Trinajstić information content (AvgIpc) is 3.43. The first kappa shape index (κ1) is 24.3. The van der Waals surface area contributed by atoms with Crippen LogP contribution in [0.2, 0.25) is 5.02 Å². The van der Waals surface area contributed by atoms with Gasteiger partial charge in [-0.3, -0.25) is 9.59 Å². The topological polar surface area (TPSA) is 87.2 Å². The van der Waals surface area contributed by atoms with Gasteiger partial charge in [0.05, 0.1) is 16.6 Å². The Hall–Kier alpha value is -2.88. The third-order valence-corrected chi connectivity index (χ3v) is 6.56. The highest BCUT2D eigenvalue weighted by molar-refractivity contribution is 6.33. The van der Waals surface area contributed by atoms with Gasteiger partial charge >= 0.3 is 6.18 Å². The van der Waals surface area contributed by atoms with Crippen molar-refractivity contribution in [2.45, 2.75) is 45.8 Å². The van der Waals surface area contributed by atoms with Crippen LogP contribution in [0.4, 0.5) is 24.8 Å². The van der Waals surface area contributed by atoms with Crippen LogP contribution in [0.25, 0.3) is 0 Å². The Bertz CT molecular complexity index is 1130. The first-order chi connectivity index (χ1) is 15.9. The van der Waals surface area contributed by atoms with Gasteiger partial charge in [-0.05, 0) is 38.0 Å². The monoisotopic (exact) mass is 495 g/mol. The van der Waals surface area contributed by atoms with Crippen molar-refractivity contribution in [3.63, 3.8) is 0 Å². The van der Waals surface area contributed by atoms with Crippen molar-refractivity contribution < 1.29 is 22.8 Å². The molecule has 1 saturated heterocycles. The second kappa shape index (κ2) is 8.72. The van der Waals surface area contributed by atoms with E-state index in [4.69, 9.17) is 11.6 Å². The molecule has 2 N–H and O–H groups in total. The van der Waals surface area contributed by atoms with Crippen LogP contribution in [-0.2, 0) is 11.0 Å². The highest BCUT2D eigenvalue weighted by Crippen LogP contribution is 2.54. The average molecular weight is 496 g/mol. The zero-order valence-electron chi connectivity index (χ0n) is 19.0. The van der Waals surface area contributed by atoms with Crippen molar-refractivity contribution in [2.75, 3.05) is 23.3 Å². The third-order valence-electron chi connectivity index (χ3n) is 6.29. The molecule has 1 unspecified atom stereocenters. The number of carbonyl (C=O) groups excluding carboxylic acids is 2. The van der Waals surface area contributed by atoms with E-state index >= 15 is 0 Å². The predicted octanol–water partition coefficient (Wildman–Crippen LogP) is 4.45. The summed E-state index contributed by atoms with van der Waals surface area (Å²) in [5.74, 6) is -0.164. The lowest BCUT2D eigenvalue weighted by Crippen LogP contribution is -2.41. The maximum atomic E-state index is 13.1. The number of anilines is 2. The van der Waals surface area contributed by atoms with Gasteiger partial charge in [-0.15, -0.1) is 0 Å². The number of carbonyl (C=O) groups is 2. The van der Waals surface area contributed by atoms with Gasteiger partial charge in [0, 0.05) is 41.9 Å². The van der Waals surface area contributed by atoms with Crippen LogP contribution in [0.15, 0.2) is 24.4 Å². The summed E-state index contributed by atoms with van der Waals surface area (Å²) in [6.45, 7) is 6.18. The van der Waals surface area contributed by atoms with Gasteiger partial charge in [-0.1, -0.05) is 25.4 Å². The second-order valence-electron chi connectivity index (χ2n) is 9.32. The Morgan fingerprint density at radius 3 is 2.53 bits per heavy atom. The Labute approximate surface area is 200 Å². The third kappa shape index (κ3) is 4.96. The summed E-state index contributed by atoms with van der Waals surface area (Å²) in [6.07, 6.45) is -1.97. The molecular formula is C23H25ClF3N5O2. The molecule has 2 amide bonds. The number of pyridine rings is 2. The van der Waals surface area contributed by atoms with Crippen molar-refractivity contribution in [2.24, 2.45) is 11.3 Å². The molecule has 2 aromatic rings. The van der Waals surface area contributed by atoms with E-state index < -0.39 is 11.7 Å². The molecule has 4 rings (SSSR count). The Morgan fingerprint density at radius 2 is 1.94 bits per heavy atom. The number of amides is 2. The van der Waals surface area contributed by atoms with Gasteiger partial charge in [0.2, 0.25) is 5.91 Å². The second-order valence-corrected chi connectivity index (χ2v) is 9.73. The van der Waals surface area contributed by atoms with Crippen molar-refractivity contribution in [3.8, 4) is 0 Å². The fraction of sp³-hybridized carbons (Fsp3) is 0.478. The van der Waals surface area contributed by atoms with Gasteiger partial charge in [0.25, 0.3) is 5.91 Å². The Morgan fingerprint density at radius 1 is 1.24 bits per heavy atom. The predicted molar refractivity (Wildman–Crippen MR) is 122 cm³/mol. The number of halogens is 4. The molecule has 1 saturated carbocycles. The highest BCUT2D eigenvalue weighted by Gasteiger charge is 2.56. The number of nitrogens with zero attached hydrogens (tertiary/aromatic N) is 3. The van der Waals surface area contributed by atoms with Crippen LogP contribution >= 0.6 is 11.6 Å². The highest BCUT2D eigenvalue weighted by atomic mass is 35.5. The molecule has 34 heavy (non-hydrogen) atoms. The summed E-state index contributed by atoms with van der Waals surface area (Å²) in [6, 6.07) is 3.83. The Kier molecular flexibility index (Phi) is 6.22. The van der Waals surface area contributed by atoms with Crippen LogP contribution in [0, 0.1) is 18.3 Å². The molecule has 182 valence electrons. The number of aromatic nitrogens is 2. The molecule has 2 fully saturated rings. The van der Waals surface area contributed by atoms with Crippen LogP contribution < -0.4 is 15.5 Å². The molecule has 11 heteroatoms. The first-order valence-electron chi connectivity index (χ1n) is 11.0. The van der Waals surface area contributed by atoms with E-state index in [-0.39, 0.29) is 40.0 Å². The van der Waals surface area contributed by atoms with E-state index in [1.807, 2.05) is 4.90 Å². The van der Waals surface area contributed by atoms with Crippen molar-refractivity contribution in [1.82, 2.24) is 15.3 Å². The fourth-order valence-electron chi connectivity index (χ4n) is 4.19. The van der Waals surface area contributed by atoms with E-state index in [0.29, 0.717) is 30.2 Å². The van der Waals surface area contributed by atoms with Gasteiger partial charge < -0.3 is 15.5 Å². The standard InChI is InChI=1S/C23H25ClF3N5O2/c1-12(2)20(33)31-18-7-14(6-13(3)29-18)21(34)30-17-10-32(11-22(17)4-5-22)19-16(24)8-15(9-28-19)23(25,26)27/h6-9,12,17H,4-5,10-11H2,1-3H3,(H,30,34)(H,29,31,33). The van der Waals surface area contributed by atoms with Gasteiger partial charge in [-0.25, -0.2) is 9.97 Å². The van der Waals surface area contributed by atoms with E-state index in [1.165, 1.54) is 6.07 Å². The minimum Gasteiger partial charge on any atom is -0.353 e. The molecule has 1 atom stereocenters. The minimum atomic E-state index is -4.52. The summed E-state index contributed by atoms with van der Waals surface area (Å²) in [7, 11) is 0. The number of alkyl halides is 3. The lowest BCUT2D eigenvalue weighted by molar-refractivity contribution is -0.137. The van der Waals surface area contributed by atoms with Gasteiger partial charge in [-0.2, -0.15) is 13.2 Å². The maximum absolute atomic E-state index is 13.1. The fourth-order valence-corrected chi connectivity index (χ4v) is 4.48. The largest absolute Gasteiger partial charge is 0.417 e. The van der Waals surface area contributed by atoms with Crippen molar-refractivity contribution in [3.05, 3.63) is 46.2 Å². The summed E-state index contributed by atoms with van der Waals surface area (Å²) < 4.78 is 38.9. The number of hydrogen-bond donors (Lipinski definition) is 2. The number of nitrogens with one attached hydrogen (secondary N) is 2. The lowest BCUT2D eigenvalue weighted by atomic mass is 10.0. The molecule has 0 bridgehead atoms. The normalized spacial score (nSPS) is 18.9. The van der Waals surface area contributed by atoms with E-state index in [9.17, 15) is 22.8 Å². The van der Waals surface area contributed by atoms with Crippen LogP contribution in [0.5, 0.6) is 0 Å². The molecule has 0 aromatic carbocycles. The summed E-state index contributed by atoms with van der Waals surface area (Å²) in [4.78, 5) is 35.2. The van der Waals surface area contributed by atoms with E-state index in [0.717, 1.165) is 25.1 Å². The molecule has 2 aliphatic rings. The zero-order chi connectivity index (χ0) is 24.8. The minimum absolute atomic E-state index is 0.0760. The smallest absolute Gasteiger partial charge is 0.353 e. The molecule has 3 heterocycles. The Balaban J connectivity index is 1.50. The molecule has 1 aliphatic heterocycles.